The van der Waals surface area contributed by atoms with Gasteiger partial charge in [-0.1, -0.05) is 54.9 Å². The lowest BCUT2D eigenvalue weighted by molar-refractivity contribution is -0.154. The van der Waals surface area contributed by atoms with Crippen molar-refractivity contribution in [3.63, 3.8) is 0 Å². The Morgan fingerprint density at radius 2 is 1.64 bits per heavy atom. The van der Waals surface area contributed by atoms with E-state index in [0.717, 1.165) is 18.4 Å². The number of carbonyl (C=O) groups excluding carboxylic acids is 3. The highest BCUT2D eigenvalue weighted by Gasteiger charge is 2.45. The van der Waals surface area contributed by atoms with Crippen molar-refractivity contribution in [3.05, 3.63) is 76.1 Å². The van der Waals surface area contributed by atoms with E-state index in [0.29, 0.717) is 41.8 Å². The van der Waals surface area contributed by atoms with E-state index in [2.05, 4.69) is 25.0 Å². The number of amides is 1. The van der Waals surface area contributed by atoms with Crippen LogP contribution in [-0.4, -0.2) is 58.9 Å². The van der Waals surface area contributed by atoms with Gasteiger partial charge in [-0.2, -0.15) is 28.1 Å². The van der Waals surface area contributed by atoms with Gasteiger partial charge in [0.1, 0.15) is 11.6 Å². The number of aromatic nitrogens is 3. The molecule has 1 atom stereocenters. The molecule has 0 bridgehead atoms. The number of unbranched alkanes of at least 4 members (excludes halogenated alkanes) is 1. The number of anilines is 1. The number of halogens is 4. The second-order valence-electron chi connectivity index (χ2n) is 12.8. The maximum atomic E-state index is 12.9. The van der Waals surface area contributed by atoms with Gasteiger partial charge in [-0.25, -0.2) is 8.42 Å². The molecule has 0 spiro atoms. The average molecular weight is 736 g/mol. The first-order chi connectivity index (χ1) is 23.6. The molecule has 1 heterocycles. The molecule has 0 unspecified atom stereocenters. The number of hydrogen-bond donors (Lipinski definition) is 2. The van der Waals surface area contributed by atoms with Gasteiger partial charge in [-0.3, -0.25) is 19.1 Å². The van der Waals surface area contributed by atoms with Crippen LogP contribution in [-0.2, 0) is 31.6 Å². The summed E-state index contributed by atoms with van der Waals surface area (Å²) < 4.78 is 69.5. The second kappa shape index (κ2) is 15.4. The van der Waals surface area contributed by atoms with Gasteiger partial charge in [0.15, 0.2) is 12.4 Å². The monoisotopic (exact) mass is 735 g/mol. The van der Waals surface area contributed by atoms with Crippen molar-refractivity contribution < 1.29 is 40.7 Å². The number of sulfonamides is 1. The molecule has 2 aliphatic carbocycles. The minimum Gasteiger partial charge on any atom is -0.454 e. The number of nitrogens with zero attached hydrogens (tertiary/aromatic N) is 3. The molecule has 16 heteroatoms. The van der Waals surface area contributed by atoms with Gasteiger partial charge in [-0.05, 0) is 61.8 Å². The predicted octanol–water partition coefficient (Wildman–Crippen LogP) is 6.10. The highest BCUT2D eigenvalue weighted by atomic mass is 35.5. The Morgan fingerprint density at radius 1 is 0.980 bits per heavy atom. The molecule has 2 N–H and O–H groups in total. The summed E-state index contributed by atoms with van der Waals surface area (Å²) in [5.41, 5.74) is 1.60. The second-order valence-corrected chi connectivity index (χ2v) is 15.2. The van der Waals surface area contributed by atoms with Crippen LogP contribution < -0.4 is 14.8 Å². The molecule has 0 radical (unpaired) electrons. The minimum absolute atomic E-state index is 0.0733. The van der Waals surface area contributed by atoms with Gasteiger partial charge in [0, 0.05) is 42.2 Å². The lowest BCUT2D eigenvalue weighted by atomic mass is 9.98. The Balaban J connectivity index is 1.13. The summed E-state index contributed by atoms with van der Waals surface area (Å²) in [5.74, 6) is -1.54. The van der Waals surface area contributed by atoms with E-state index in [4.69, 9.17) is 16.3 Å². The Hall–Kier alpha value is -4.11. The van der Waals surface area contributed by atoms with Crippen molar-refractivity contribution in [2.75, 3.05) is 11.9 Å². The first-order valence-corrected chi connectivity index (χ1v) is 18.2. The van der Waals surface area contributed by atoms with E-state index in [1.54, 1.807) is 36.4 Å². The molecular formula is C34H37ClF3N5O6S. The SMILES string of the molecule is C[C@H](CC(=O)CCCCC(=O)c1ccc(Cc2nc(NC3(c4ccc(Cl)cc4)CC3)nc(OCC(F)(F)F)n2)cc1)C(=O)NS(=O)(=O)C1CC1. The number of ether oxygens (including phenoxy) is 1. The summed E-state index contributed by atoms with van der Waals surface area (Å²) in [6, 6.07) is 13.5. The topological polar surface area (TPSA) is 157 Å². The maximum absolute atomic E-state index is 12.9. The molecule has 3 aromatic rings. The van der Waals surface area contributed by atoms with E-state index in [1.165, 1.54) is 6.92 Å². The van der Waals surface area contributed by atoms with Crippen molar-refractivity contribution in [1.82, 2.24) is 19.7 Å². The fraction of sp³-hybridized carbons (Fsp3) is 0.471. The highest BCUT2D eigenvalue weighted by Crippen LogP contribution is 2.48. The average Bonchev–Trinajstić information content (AvgIpc) is 3.98. The van der Waals surface area contributed by atoms with E-state index in [1.807, 2.05) is 12.1 Å². The largest absolute Gasteiger partial charge is 0.454 e. The minimum atomic E-state index is -4.59. The summed E-state index contributed by atoms with van der Waals surface area (Å²) in [6.45, 7) is -0.0570. The van der Waals surface area contributed by atoms with Crippen LogP contribution in [0.2, 0.25) is 5.02 Å². The fourth-order valence-corrected chi connectivity index (χ4v) is 6.85. The van der Waals surface area contributed by atoms with Gasteiger partial charge in [0.05, 0.1) is 10.8 Å². The molecular weight excluding hydrogens is 699 g/mol. The van der Waals surface area contributed by atoms with Crippen molar-refractivity contribution in [1.29, 1.82) is 0 Å². The normalized spacial score (nSPS) is 15.9. The third-order valence-electron chi connectivity index (χ3n) is 8.46. The van der Waals surface area contributed by atoms with Gasteiger partial charge in [-0.15, -0.1) is 0 Å². The van der Waals surface area contributed by atoms with Crippen LogP contribution in [0.4, 0.5) is 19.1 Å². The fourth-order valence-electron chi connectivity index (χ4n) is 5.32. The first kappa shape index (κ1) is 37.2. The molecule has 50 heavy (non-hydrogen) atoms. The molecule has 0 saturated heterocycles. The Labute approximate surface area is 292 Å². The smallest absolute Gasteiger partial charge is 0.422 e. The molecule has 11 nitrogen and oxygen atoms in total. The molecule has 2 aliphatic rings. The highest BCUT2D eigenvalue weighted by molar-refractivity contribution is 7.90. The van der Waals surface area contributed by atoms with Crippen LogP contribution in [0.3, 0.4) is 0 Å². The lowest BCUT2D eigenvalue weighted by Crippen LogP contribution is -2.37. The maximum Gasteiger partial charge on any atom is 0.422 e. The Bertz CT molecular complexity index is 1820. The zero-order valence-electron chi connectivity index (χ0n) is 27.3. The number of carbonyl (C=O) groups is 3. The molecule has 2 saturated carbocycles. The van der Waals surface area contributed by atoms with E-state index < -0.39 is 51.4 Å². The van der Waals surface area contributed by atoms with Crippen LogP contribution in [0.15, 0.2) is 48.5 Å². The number of nitrogens with one attached hydrogen (secondary N) is 2. The third kappa shape index (κ3) is 10.7. The number of benzene rings is 2. The summed E-state index contributed by atoms with van der Waals surface area (Å²) in [4.78, 5) is 49.9. The lowest BCUT2D eigenvalue weighted by Gasteiger charge is -2.19. The predicted molar refractivity (Wildman–Crippen MR) is 178 cm³/mol. The molecule has 1 amide bonds. The van der Waals surface area contributed by atoms with Crippen LogP contribution >= 0.6 is 11.6 Å². The van der Waals surface area contributed by atoms with Crippen LogP contribution in [0, 0.1) is 5.92 Å². The molecule has 2 fully saturated rings. The summed E-state index contributed by atoms with van der Waals surface area (Å²) in [7, 11) is -3.67. The van der Waals surface area contributed by atoms with E-state index in [-0.39, 0.29) is 49.0 Å². The van der Waals surface area contributed by atoms with Gasteiger partial charge in [0.25, 0.3) is 0 Å². The number of ketones is 2. The van der Waals surface area contributed by atoms with Crippen LogP contribution in [0.5, 0.6) is 6.01 Å². The van der Waals surface area contributed by atoms with Crippen molar-refractivity contribution in [2.24, 2.45) is 5.92 Å². The summed E-state index contributed by atoms with van der Waals surface area (Å²) in [6.07, 6.45) is -0.730. The van der Waals surface area contributed by atoms with Gasteiger partial charge < -0.3 is 10.1 Å². The zero-order valence-corrected chi connectivity index (χ0v) is 28.8. The standard InChI is InChI=1S/C34H37ClF3N5O6S/c1-21(30(46)43-50(47,48)27-14-15-27)18-26(44)4-2-3-5-28(45)23-8-6-22(7-9-23)19-29-39-31(41-32(40-29)49-20-34(36,37)38)42-33(16-17-33)24-10-12-25(35)13-11-24/h6-13,21,27H,2-5,14-20H2,1H3,(H,43,46)(H,39,40,41,42)/t21-/m1/s1. The first-order valence-electron chi connectivity index (χ1n) is 16.3. The molecule has 1 aromatic heterocycles. The van der Waals surface area contributed by atoms with Gasteiger partial charge in [0.2, 0.25) is 21.9 Å². The van der Waals surface area contributed by atoms with Crippen molar-refractivity contribution >= 4 is 45.0 Å². The Kier molecular flexibility index (Phi) is 11.5. The van der Waals surface area contributed by atoms with E-state index >= 15 is 0 Å². The zero-order chi connectivity index (χ0) is 36.1. The quantitative estimate of drug-likeness (QED) is 0.116. The van der Waals surface area contributed by atoms with E-state index in [9.17, 15) is 36.0 Å². The van der Waals surface area contributed by atoms with Crippen LogP contribution in [0.25, 0.3) is 0 Å². The summed E-state index contributed by atoms with van der Waals surface area (Å²) in [5, 5.41) is 3.29. The molecule has 0 aliphatic heterocycles. The van der Waals surface area contributed by atoms with Crippen molar-refractivity contribution in [3.8, 4) is 6.01 Å². The molecule has 268 valence electrons. The third-order valence-corrected chi connectivity index (χ3v) is 10.5. The molecule has 5 rings (SSSR count). The summed E-state index contributed by atoms with van der Waals surface area (Å²) >= 11 is 6.03. The number of Topliss-reactive ketones (excluding diaryl/α,β-unsaturated/α-hetero) is 2. The number of hydrogen-bond acceptors (Lipinski definition) is 10. The Morgan fingerprint density at radius 3 is 2.26 bits per heavy atom. The van der Waals surface area contributed by atoms with Crippen LogP contribution in [0.1, 0.15) is 92.0 Å². The number of alkyl halides is 3. The molecule has 2 aromatic carbocycles. The van der Waals surface area contributed by atoms with Gasteiger partial charge >= 0.3 is 12.2 Å². The van der Waals surface area contributed by atoms with Crippen molar-refractivity contribution in [2.45, 2.75) is 88.1 Å². The number of rotatable bonds is 18.